The first-order valence-corrected chi connectivity index (χ1v) is 7.54. The second-order valence-electron chi connectivity index (χ2n) is 5.79. The second kappa shape index (κ2) is 5.83. The summed E-state index contributed by atoms with van der Waals surface area (Å²) >= 11 is 0. The number of nitrogens with one attached hydrogen (secondary N) is 1. The summed E-state index contributed by atoms with van der Waals surface area (Å²) in [5, 5.41) is 0.415. The van der Waals surface area contributed by atoms with E-state index in [0.717, 1.165) is 16.7 Å². The number of aromatic nitrogens is 2. The zero-order chi connectivity index (χ0) is 16.6. The van der Waals surface area contributed by atoms with Crippen molar-refractivity contribution in [1.82, 2.24) is 9.97 Å². The number of aryl methyl sites for hydroxylation is 4. The van der Waals surface area contributed by atoms with Crippen LogP contribution >= 0.6 is 0 Å². The van der Waals surface area contributed by atoms with Gasteiger partial charge in [0.15, 0.2) is 11.6 Å². The summed E-state index contributed by atoms with van der Waals surface area (Å²) in [6.45, 7) is 5.59. The third-order valence-electron chi connectivity index (χ3n) is 4.03. The van der Waals surface area contributed by atoms with E-state index in [1.54, 1.807) is 13.8 Å². The summed E-state index contributed by atoms with van der Waals surface area (Å²) in [5.74, 6) is 0.503. The number of furan rings is 1. The average Bonchev–Trinajstić information content (AvgIpc) is 2.80. The third kappa shape index (κ3) is 2.95. The summed E-state index contributed by atoms with van der Waals surface area (Å²) in [4.78, 5) is 31.2. The molecule has 1 aromatic carbocycles. The number of hydrogen-bond donors (Lipinski definition) is 1. The maximum Gasteiger partial charge on any atom is 0.262 e. The Balaban J connectivity index is 1.85. The molecule has 3 rings (SSSR count). The van der Waals surface area contributed by atoms with Crippen LogP contribution in [0.4, 0.5) is 0 Å². The molecule has 0 aliphatic heterocycles. The highest BCUT2D eigenvalue weighted by Crippen LogP contribution is 2.19. The van der Waals surface area contributed by atoms with E-state index in [1.807, 2.05) is 31.2 Å². The van der Waals surface area contributed by atoms with Crippen molar-refractivity contribution in [3.63, 3.8) is 0 Å². The lowest BCUT2D eigenvalue weighted by molar-refractivity contribution is 0.0972. The van der Waals surface area contributed by atoms with E-state index < -0.39 is 0 Å². The first-order valence-electron chi connectivity index (χ1n) is 7.54. The molecule has 0 radical (unpaired) electrons. The zero-order valence-electron chi connectivity index (χ0n) is 13.4. The molecule has 0 saturated heterocycles. The van der Waals surface area contributed by atoms with Gasteiger partial charge >= 0.3 is 0 Å². The monoisotopic (exact) mass is 310 g/mol. The first kappa shape index (κ1) is 15.2. The van der Waals surface area contributed by atoms with E-state index in [2.05, 4.69) is 9.97 Å². The Morgan fingerprint density at radius 1 is 1.26 bits per heavy atom. The number of aromatic amines is 1. The van der Waals surface area contributed by atoms with Crippen molar-refractivity contribution in [2.75, 3.05) is 0 Å². The molecule has 2 aromatic heterocycles. The number of carbonyl (C=O) groups excluding carboxylic acids is 1. The van der Waals surface area contributed by atoms with Crippen LogP contribution in [0.25, 0.3) is 11.1 Å². The van der Waals surface area contributed by atoms with Gasteiger partial charge in [-0.3, -0.25) is 9.59 Å². The predicted molar refractivity (Wildman–Crippen MR) is 87.9 cm³/mol. The minimum absolute atomic E-state index is 0.0592. The first-order chi connectivity index (χ1) is 11.0. The van der Waals surface area contributed by atoms with Crippen LogP contribution in [0, 0.1) is 20.8 Å². The van der Waals surface area contributed by atoms with E-state index in [-0.39, 0.29) is 29.3 Å². The standard InChI is InChI=1S/C18H18N2O3/c1-10-5-4-6-13(9-10)7-8-14(21)16-19-17(22)15-11(2)12(3)23-18(15)20-16/h4-6,9H,7-8H2,1-3H3,(H,19,20,22). The third-order valence-corrected chi connectivity index (χ3v) is 4.03. The smallest absolute Gasteiger partial charge is 0.262 e. The Bertz CT molecular complexity index is 951. The number of benzene rings is 1. The van der Waals surface area contributed by atoms with Gasteiger partial charge in [-0.15, -0.1) is 0 Å². The van der Waals surface area contributed by atoms with Gasteiger partial charge in [0.2, 0.25) is 5.71 Å². The molecule has 0 fully saturated rings. The molecule has 0 aliphatic carbocycles. The summed E-state index contributed by atoms with van der Waals surface area (Å²) in [6, 6.07) is 8.01. The number of fused-ring (bicyclic) bond motifs is 1. The van der Waals surface area contributed by atoms with E-state index in [0.29, 0.717) is 17.6 Å². The highest BCUT2D eigenvalue weighted by Gasteiger charge is 2.17. The van der Waals surface area contributed by atoms with Gasteiger partial charge in [-0.2, -0.15) is 4.98 Å². The number of ketones is 1. The molecule has 2 heterocycles. The van der Waals surface area contributed by atoms with Crippen molar-refractivity contribution in [3.8, 4) is 0 Å². The molecule has 0 amide bonds. The van der Waals surface area contributed by atoms with Crippen molar-refractivity contribution < 1.29 is 9.21 Å². The molecule has 0 saturated carbocycles. The summed E-state index contributed by atoms with van der Waals surface area (Å²) < 4.78 is 5.47. The van der Waals surface area contributed by atoms with E-state index in [1.165, 1.54) is 0 Å². The van der Waals surface area contributed by atoms with Gasteiger partial charge in [-0.05, 0) is 32.8 Å². The molecule has 0 aliphatic rings. The largest absolute Gasteiger partial charge is 0.442 e. The lowest BCUT2D eigenvalue weighted by Gasteiger charge is -2.02. The Hall–Kier alpha value is -2.69. The number of H-pyrrole nitrogens is 1. The van der Waals surface area contributed by atoms with Crippen molar-refractivity contribution in [1.29, 1.82) is 0 Å². The molecule has 0 spiro atoms. The Morgan fingerprint density at radius 2 is 2.04 bits per heavy atom. The zero-order valence-corrected chi connectivity index (χ0v) is 13.4. The van der Waals surface area contributed by atoms with Gasteiger partial charge in [-0.1, -0.05) is 29.8 Å². The molecule has 23 heavy (non-hydrogen) atoms. The molecule has 5 nitrogen and oxygen atoms in total. The quantitative estimate of drug-likeness (QED) is 0.750. The van der Waals surface area contributed by atoms with Gasteiger partial charge in [0.1, 0.15) is 11.1 Å². The number of hydrogen-bond acceptors (Lipinski definition) is 4. The van der Waals surface area contributed by atoms with Gasteiger partial charge < -0.3 is 9.40 Å². The molecular weight excluding hydrogens is 292 g/mol. The highest BCUT2D eigenvalue weighted by molar-refractivity contribution is 5.94. The van der Waals surface area contributed by atoms with Gasteiger partial charge in [0.05, 0.1) is 0 Å². The fourth-order valence-corrected chi connectivity index (χ4v) is 2.63. The van der Waals surface area contributed by atoms with Gasteiger partial charge in [0, 0.05) is 12.0 Å². The van der Waals surface area contributed by atoms with Crippen LogP contribution in [0.2, 0.25) is 0 Å². The summed E-state index contributed by atoms with van der Waals surface area (Å²) in [6.07, 6.45) is 0.898. The predicted octanol–water partition coefficient (Wildman–Crippen LogP) is 3.26. The number of carbonyl (C=O) groups is 1. The number of rotatable bonds is 4. The Labute approximate surface area is 133 Å². The van der Waals surface area contributed by atoms with E-state index >= 15 is 0 Å². The van der Waals surface area contributed by atoms with Crippen LogP contribution in [0.15, 0.2) is 33.5 Å². The maximum atomic E-state index is 12.3. The Morgan fingerprint density at radius 3 is 2.78 bits per heavy atom. The van der Waals surface area contributed by atoms with Crippen LogP contribution < -0.4 is 5.56 Å². The Kier molecular flexibility index (Phi) is 3.86. The second-order valence-corrected chi connectivity index (χ2v) is 5.79. The highest BCUT2D eigenvalue weighted by atomic mass is 16.3. The van der Waals surface area contributed by atoms with Crippen molar-refractivity contribution >= 4 is 16.9 Å². The van der Waals surface area contributed by atoms with Gasteiger partial charge in [-0.25, -0.2) is 0 Å². The molecule has 0 unspecified atom stereocenters. The van der Waals surface area contributed by atoms with Crippen molar-refractivity contribution in [2.45, 2.75) is 33.6 Å². The molecule has 3 aromatic rings. The topological polar surface area (TPSA) is 76.0 Å². The fraction of sp³-hybridized carbons (Fsp3) is 0.278. The van der Waals surface area contributed by atoms with Gasteiger partial charge in [0.25, 0.3) is 5.56 Å². The maximum absolute atomic E-state index is 12.3. The van der Waals surface area contributed by atoms with Crippen LogP contribution in [0.3, 0.4) is 0 Å². The number of nitrogens with zero attached hydrogens (tertiary/aromatic N) is 1. The molecule has 0 bridgehead atoms. The molecule has 0 atom stereocenters. The number of Topliss-reactive ketones (excluding diaryl/α,β-unsaturated/α-hetero) is 1. The summed E-state index contributed by atoms with van der Waals surface area (Å²) in [7, 11) is 0. The minimum atomic E-state index is -0.330. The summed E-state index contributed by atoms with van der Waals surface area (Å²) in [5.41, 5.74) is 2.90. The van der Waals surface area contributed by atoms with E-state index in [9.17, 15) is 9.59 Å². The average molecular weight is 310 g/mol. The molecule has 1 N–H and O–H groups in total. The van der Waals surface area contributed by atoms with Crippen LogP contribution in [0.1, 0.15) is 39.5 Å². The SMILES string of the molecule is Cc1cccc(CCC(=O)c2nc3oc(C)c(C)c3c(=O)[nH]2)c1. The molecule has 118 valence electrons. The van der Waals surface area contributed by atoms with Crippen molar-refractivity contribution in [2.24, 2.45) is 0 Å². The lowest BCUT2D eigenvalue weighted by Crippen LogP contribution is -2.16. The lowest BCUT2D eigenvalue weighted by atomic mass is 10.1. The minimum Gasteiger partial charge on any atom is -0.442 e. The van der Waals surface area contributed by atoms with Crippen LogP contribution in [-0.2, 0) is 6.42 Å². The molecule has 5 heteroatoms. The van der Waals surface area contributed by atoms with Crippen LogP contribution in [-0.4, -0.2) is 15.8 Å². The normalized spacial score (nSPS) is 11.1. The van der Waals surface area contributed by atoms with E-state index in [4.69, 9.17) is 4.42 Å². The molecular formula is C18H18N2O3. The fourth-order valence-electron chi connectivity index (χ4n) is 2.63. The van der Waals surface area contributed by atoms with Crippen molar-refractivity contribution in [3.05, 3.63) is 62.9 Å². The van der Waals surface area contributed by atoms with Crippen LogP contribution in [0.5, 0.6) is 0 Å².